The van der Waals surface area contributed by atoms with Gasteiger partial charge in [0.05, 0.1) is 18.8 Å². The Morgan fingerprint density at radius 1 is 1.48 bits per heavy atom. The Bertz CT molecular complexity index is 654. The van der Waals surface area contributed by atoms with Crippen molar-refractivity contribution < 1.29 is 14.6 Å². The molecule has 4 nitrogen and oxygen atoms in total. The maximum atomic E-state index is 12.7. The number of hydrogen-bond donors (Lipinski definition) is 1. The average molecular weight is 305 g/mol. The summed E-state index contributed by atoms with van der Waals surface area (Å²) in [5.41, 5.74) is 0.456. The van der Waals surface area contributed by atoms with E-state index in [9.17, 15) is 9.90 Å². The second-order valence-corrected chi connectivity index (χ2v) is 6.62. The molecule has 1 atom stereocenters. The average Bonchev–Trinajstić information content (AvgIpc) is 3.12. The highest BCUT2D eigenvalue weighted by Crippen LogP contribution is 2.33. The second kappa shape index (κ2) is 5.75. The molecular formula is C16H19NO3S. The van der Waals surface area contributed by atoms with Crippen LogP contribution < -0.4 is 0 Å². The van der Waals surface area contributed by atoms with Crippen LogP contribution in [-0.4, -0.2) is 49.3 Å². The summed E-state index contributed by atoms with van der Waals surface area (Å²) in [6.45, 7) is 1.76. The Balaban J connectivity index is 1.83. The summed E-state index contributed by atoms with van der Waals surface area (Å²) in [7, 11) is 1.63. The minimum atomic E-state index is -0.309. The molecule has 1 amide bonds. The van der Waals surface area contributed by atoms with Crippen LogP contribution in [0.4, 0.5) is 0 Å². The van der Waals surface area contributed by atoms with Gasteiger partial charge in [0.15, 0.2) is 0 Å². The van der Waals surface area contributed by atoms with Gasteiger partial charge in [-0.1, -0.05) is 18.2 Å². The van der Waals surface area contributed by atoms with Crippen molar-refractivity contribution in [1.82, 2.24) is 4.90 Å². The minimum absolute atomic E-state index is 0.0506. The normalized spacial score (nSPS) is 22.1. The summed E-state index contributed by atoms with van der Waals surface area (Å²) in [6.07, 6.45) is 0.783. The lowest BCUT2D eigenvalue weighted by molar-refractivity contribution is 0.0343. The third-order valence-electron chi connectivity index (χ3n) is 4.22. The first-order valence-corrected chi connectivity index (χ1v) is 7.92. The largest absolute Gasteiger partial charge is 0.396 e. The minimum Gasteiger partial charge on any atom is -0.396 e. The molecule has 0 radical (unpaired) electrons. The van der Waals surface area contributed by atoms with Gasteiger partial charge in [-0.15, -0.1) is 11.3 Å². The Morgan fingerprint density at radius 2 is 2.29 bits per heavy atom. The van der Waals surface area contributed by atoms with Crippen molar-refractivity contribution in [3.8, 4) is 0 Å². The molecule has 112 valence electrons. The molecular weight excluding hydrogens is 286 g/mol. The topological polar surface area (TPSA) is 49.8 Å². The van der Waals surface area contributed by atoms with Crippen molar-refractivity contribution in [2.45, 2.75) is 6.42 Å². The van der Waals surface area contributed by atoms with Crippen LogP contribution in [-0.2, 0) is 4.74 Å². The zero-order valence-corrected chi connectivity index (χ0v) is 12.9. The number of rotatable bonds is 4. The Hall–Kier alpha value is -1.43. The fraction of sp³-hybridized carbons (Fsp3) is 0.438. The number of aliphatic hydroxyl groups is 1. The molecule has 0 spiro atoms. The standard InChI is InChI=1S/C16H19NO3S/c1-20-11-16(10-18)6-7-17(9-16)15(19)13-8-21-14-5-3-2-4-12(13)14/h2-5,8,18H,6-7,9-11H2,1H3. The molecule has 2 aromatic rings. The number of ether oxygens (including phenoxy) is 1. The van der Waals surface area contributed by atoms with Crippen LogP contribution in [0.1, 0.15) is 16.8 Å². The summed E-state index contributed by atoms with van der Waals surface area (Å²) in [6, 6.07) is 7.96. The molecule has 1 aliphatic heterocycles. The first-order valence-electron chi connectivity index (χ1n) is 7.04. The van der Waals surface area contributed by atoms with Crippen LogP contribution in [0.25, 0.3) is 10.1 Å². The molecule has 1 saturated heterocycles. The van der Waals surface area contributed by atoms with E-state index in [1.807, 2.05) is 34.5 Å². The third kappa shape index (κ3) is 2.57. The second-order valence-electron chi connectivity index (χ2n) is 5.71. The number of fused-ring (bicyclic) bond motifs is 1. The van der Waals surface area contributed by atoms with Gasteiger partial charge in [-0.25, -0.2) is 0 Å². The molecule has 5 heteroatoms. The molecule has 21 heavy (non-hydrogen) atoms. The molecule has 1 N–H and O–H groups in total. The van der Waals surface area contributed by atoms with Crippen LogP contribution in [0.5, 0.6) is 0 Å². The smallest absolute Gasteiger partial charge is 0.255 e. The number of amides is 1. The third-order valence-corrected chi connectivity index (χ3v) is 5.19. The van der Waals surface area contributed by atoms with Crippen molar-refractivity contribution in [1.29, 1.82) is 0 Å². The number of carbonyl (C=O) groups excluding carboxylic acids is 1. The van der Waals surface area contributed by atoms with Gasteiger partial charge in [0.25, 0.3) is 5.91 Å². The maximum Gasteiger partial charge on any atom is 0.255 e. The van der Waals surface area contributed by atoms with Crippen molar-refractivity contribution in [2.24, 2.45) is 5.41 Å². The number of aliphatic hydroxyl groups excluding tert-OH is 1. The highest BCUT2D eigenvalue weighted by atomic mass is 32.1. The summed E-state index contributed by atoms with van der Waals surface area (Å²) < 4.78 is 6.34. The molecule has 1 aliphatic rings. The van der Waals surface area contributed by atoms with E-state index in [1.165, 1.54) is 0 Å². The first-order chi connectivity index (χ1) is 10.2. The predicted octanol–water partition coefficient (Wildman–Crippen LogP) is 2.37. The van der Waals surface area contributed by atoms with Gasteiger partial charge in [0.1, 0.15) is 0 Å². The van der Waals surface area contributed by atoms with E-state index in [0.29, 0.717) is 19.7 Å². The van der Waals surface area contributed by atoms with Gasteiger partial charge >= 0.3 is 0 Å². The van der Waals surface area contributed by atoms with Crippen LogP contribution in [0.15, 0.2) is 29.6 Å². The number of benzene rings is 1. The maximum absolute atomic E-state index is 12.7. The molecule has 0 aliphatic carbocycles. The number of thiophene rings is 1. The highest BCUT2D eigenvalue weighted by molar-refractivity contribution is 7.17. The molecule has 1 unspecified atom stereocenters. The number of carbonyl (C=O) groups is 1. The van der Waals surface area contributed by atoms with Gasteiger partial charge in [0, 0.05) is 41.1 Å². The summed E-state index contributed by atoms with van der Waals surface area (Å²) in [5, 5.41) is 12.6. The van der Waals surface area contributed by atoms with Gasteiger partial charge in [-0.05, 0) is 12.5 Å². The van der Waals surface area contributed by atoms with E-state index >= 15 is 0 Å². The molecule has 1 aromatic carbocycles. The number of methoxy groups -OCH3 is 1. The van der Waals surface area contributed by atoms with Gasteiger partial charge in [-0.3, -0.25) is 4.79 Å². The molecule has 2 heterocycles. The lowest BCUT2D eigenvalue weighted by atomic mass is 9.89. The van der Waals surface area contributed by atoms with Gasteiger partial charge in [0.2, 0.25) is 0 Å². The van der Waals surface area contributed by atoms with Gasteiger partial charge in [-0.2, -0.15) is 0 Å². The fourth-order valence-corrected chi connectivity index (χ4v) is 3.96. The molecule has 1 aromatic heterocycles. The van der Waals surface area contributed by atoms with Crippen molar-refractivity contribution >= 4 is 27.3 Å². The fourth-order valence-electron chi connectivity index (χ4n) is 3.02. The predicted molar refractivity (Wildman–Crippen MR) is 83.7 cm³/mol. The van der Waals surface area contributed by atoms with Crippen LogP contribution >= 0.6 is 11.3 Å². The molecule has 0 bridgehead atoms. The van der Waals surface area contributed by atoms with Crippen LogP contribution in [0, 0.1) is 5.41 Å². The van der Waals surface area contributed by atoms with E-state index in [-0.39, 0.29) is 17.9 Å². The van der Waals surface area contributed by atoms with E-state index in [1.54, 1.807) is 18.4 Å². The molecule has 3 rings (SSSR count). The van der Waals surface area contributed by atoms with Crippen LogP contribution in [0.3, 0.4) is 0 Å². The Kier molecular flexibility index (Phi) is 3.97. The van der Waals surface area contributed by atoms with Crippen LogP contribution in [0.2, 0.25) is 0 Å². The number of nitrogens with zero attached hydrogens (tertiary/aromatic N) is 1. The first kappa shape index (κ1) is 14.5. The SMILES string of the molecule is COCC1(CO)CCN(C(=O)c2csc3ccccc23)C1. The monoisotopic (exact) mass is 305 g/mol. The lowest BCUT2D eigenvalue weighted by Gasteiger charge is -2.26. The zero-order valence-electron chi connectivity index (χ0n) is 12.0. The zero-order chi connectivity index (χ0) is 14.9. The van der Waals surface area contributed by atoms with Crippen molar-refractivity contribution in [3.63, 3.8) is 0 Å². The van der Waals surface area contributed by atoms with E-state index in [2.05, 4.69) is 0 Å². The summed E-state index contributed by atoms with van der Waals surface area (Å²) >= 11 is 1.60. The molecule has 1 fully saturated rings. The highest BCUT2D eigenvalue weighted by Gasteiger charge is 2.40. The van der Waals surface area contributed by atoms with E-state index in [0.717, 1.165) is 22.1 Å². The summed E-state index contributed by atoms with van der Waals surface area (Å²) in [4.78, 5) is 14.6. The van der Waals surface area contributed by atoms with Crippen molar-refractivity contribution in [2.75, 3.05) is 33.4 Å². The Labute approximate surface area is 127 Å². The summed E-state index contributed by atoms with van der Waals surface area (Å²) in [5.74, 6) is 0.0545. The van der Waals surface area contributed by atoms with E-state index < -0.39 is 0 Å². The number of hydrogen-bond acceptors (Lipinski definition) is 4. The lowest BCUT2D eigenvalue weighted by Crippen LogP contribution is -2.36. The van der Waals surface area contributed by atoms with E-state index in [4.69, 9.17) is 4.74 Å². The quantitative estimate of drug-likeness (QED) is 0.943. The number of likely N-dealkylation sites (tertiary alicyclic amines) is 1. The Morgan fingerprint density at radius 3 is 3.05 bits per heavy atom. The van der Waals surface area contributed by atoms with Crippen molar-refractivity contribution in [3.05, 3.63) is 35.2 Å². The molecule has 0 saturated carbocycles. The van der Waals surface area contributed by atoms with Gasteiger partial charge < -0.3 is 14.7 Å².